The number of allylic oxidation sites excluding steroid dienone is 1. The number of hydrogen-bond donors (Lipinski definition) is 0. The normalized spacial score (nSPS) is 11.3. The molecule has 0 spiro atoms. The van der Waals surface area contributed by atoms with Crippen molar-refractivity contribution in [1.82, 2.24) is 9.97 Å². The molecule has 0 fully saturated rings. The van der Waals surface area contributed by atoms with E-state index in [0.717, 1.165) is 16.4 Å². The molecule has 0 radical (unpaired) electrons. The second kappa shape index (κ2) is 10.3. The van der Waals surface area contributed by atoms with E-state index in [-0.39, 0.29) is 31.0 Å². The summed E-state index contributed by atoms with van der Waals surface area (Å²) in [5.41, 5.74) is 2.05. The average Bonchev–Trinajstić information content (AvgIpc) is 2.92. The zero-order valence-electron chi connectivity index (χ0n) is 18.0. The summed E-state index contributed by atoms with van der Waals surface area (Å²) in [6.45, 7) is 6.29. The van der Waals surface area contributed by atoms with Crippen molar-refractivity contribution in [2.24, 2.45) is 0 Å². The number of benzene rings is 4. The van der Waals surface area contributed by atoms with Crippen LogP contribution in [0.3, 0.4) is 0 Å². The molecule has 0 unspecified atom stereocenters. The van der Waals surface area contributed by atoms with Crippen LogP contribution in [0.25, 0.3) is 59.0 Å². The van der Waals surface area contributed by atoms with Crippen molar-refractivity contribution in [3.8, 4) is 6.07 Å². The molecular weight excluding hydrogens is 652 g/mol. The smallest absolute Gasteiger partial charge is 0.812 e. The Labute approximate surface area is 227 Å². The van der Waals surface area contributed by atoms with Gasteiger partial charge in [0.15, 0.2) is 0 Å². The number of nitrogens with zero attached hydrogens (tertiary/aromatic N) is 4. The van der Waals surface area contributed by atoms with Crippen molar-refractivity contribution in [3.63, 3.8) is 0 Å². The van der Waals surface area contributed by atoms with Gasteiger partial charge in [-0.2, -0.15) is 5.26 Å². The number of hydrogen-bond acceptors (Lipinski definition) is 5. The minimum atomic E-state index is -0.123. The molecule has 4 aromatic carbocycles. The van der Waals surface area contributed by atoms with Gasteiger partial charge in [0.1, 0.15) is 0 Å². The van der Waals surface area contributed by atoms with Gasteiger partial charge in [-0.1, -0.05) is 60.7 Å². The fourth-order valence-corrected chi connectivity index (χ4v) is 4.47. The maximum absolute atomic E-state index is 8.01. The molecular formula is C28H14N4PtS2. The number of nitriles is 1. The second-order valence-electron chi connectivity index (χ2n) is 7.50. The van der Waals surface area contributed by atoms with Crippen molar-refractivity contribution in [2.45, 2.75) is 0 Å². The van der Waals surface area contributed by atoms with E-state index in [9.17, 15) is 0 Å². The zero-order valence-corrected chi connectivity index (χ0v) is 21.9. The van der Waals surface area contributed by atoms with Gasteiger partial charge in [0, 0.05) is 39.0 Å². The molecule has 7 heteroatoms. The molecule has 2 heterocycles. The molecule has 4 nitrogen and oxygen atoms in total. The minimum Gasteiger partial charge on any atom is -0.812 e. The molecule has 35 heavy (non-hydrogen) atoms. The number of pyridine rings is 2. The van der Waals surface area contributed by atoms with Crippen LogP contribution < -0.4 is 0 Å². The van der Waals surface area contributed by atoms with Gasteiger partial charge in [-0.25, -0.2) is 0 Å². The third-order valence-corrected chi connectivity index (χ3v) is 6.42. The first-order valence-corrected chi connectivity index (χ1v) is 11.2. The molecule has 0 aliphatic rings. The molecule has 6 rings (SSSR count). The molecule has 0 atom stereocenters. The number of fused-ring (bicyclic) bond motifs is 11. The SMILES string of the molecule is [C-]#[N+]/C([S-])=C(/[S-])C#N.[Pt+2].c1ccc2c(c1)c1cccnc1c1c3ncccc3c3ccccc3c21. The molecule has 0 bridgehead atoms. The van der Waals surface area contributed by atoms with Gasteiger partial charge in [-0.05, 0) is 33.7 Å². The van der Waals surface area contributed by atoms with Crippen LogP contribution in [0.1, 0.15) is 0 Å². The van der Waals surface area contributed by atoms with Crippen LogP contribution in [0, 0.1) is 17.9 Å². The van der Waals surface area contributed by atoms with Crippen molar-refractivity contribution < 1.29 is 21.1 Å². The molecule has 0 aliphatic heterocycles. The van der Waals surface area contributed by atoms with Crippen LogP contribution in [0.15, 0.2) is 95.1 Å². The first-order valence-electron chi connectivity index (χ1n) is 10.4. The summed E-state index contributed by atoms with van der Waals surface area (Å²) in [6, 6.07) is 27.2. The third-order valence-electron chi connectivity index (χ3n) is 5.71. The zero-order chi connectivity index (χ0) is 23.7. The Morgan fingerprint density at radius 1 is 0.686 bits per heavy atom. The Balaban J connectivity index is 0.000000281. The average molecular weight is 666 g/mol. The first-order chi connectivity index (χ1) is 16.7. The Bertz CT molecular complexity index is 1620. The number of aromatic nitrogens is 2. The molecule has 0 saturated carbocycles. The molecule has 2 aromatic heterocycles. The monoisotopic (exact) mass is 665 g/mol. The van der Waals surface area contributed by atoms with E-state index in [2.05, 4.69) is 90.8 Å². The van der Waals surface area contributed by atoms with Crippen LogP contribution in [0.4, 0.5) is 0 Å². The van der Waals surface area contributed by atoms with E-state index in [1.54, 1.807) is 6.07 Å². The fourth-order valence-electron chi connectivity index (χ4n) is 4.38. The van der Waals surface area contributed by atoms with Crippen molar-refractivity contribution in [3.05, 3.63) is 107 Å². The van der Waals surface area contributed by atoms with Crippen molar-refractivity contribution >= 4 is 79.4 Å². The van der Waals surface area contributed by atoms with E-state index < -0.39 is 0 Å². The molecule has 0 aliphatic carbocycles. The molecule has 168 valence electrons. The molecule has 6 aromatic rings. The van der Waals surface area contributed by atoms with E-state index >= 15 is 0 Å². The summed E-state index contributed by atoms with van der Waals surface area (Å²) in [7, 11) is 0. The van der Waals surface area contributed by atoms with Crippen LogP contribution in [-0.4, -0.2) is 9.97 Å². The predicted molar refractivity (Wildman–Crippen MR) is 144 cm³/mol. The Kier molecular flexibility index (Phi) is 7.20. The standard InChI is InChI=1S/C24H14N2.C4H2N2S2.Pt/c1-3-9-17-15(7-1)19-11-5-13-25-23(19)22-21(17)18-10-4-2-8-16(18)20-12-6-14-26-24(20)22;1-6-4(8)3(7)2-5;/h1-14H;7-8H;/q;;+2/p-2/b;4-3-;. The Morgan fingerprint density at radius 3 is 1.51 bits per heavy atom. The summed E-state index contributed by atoms with van der Waals surface area (Å²) < 4.78 is 0. The summed E-state index contributed by atoms with van der Waals surface area (Å²) in [5, 5.41) is 17.6. The summed E-state index contributed by atoms with van der Waals surface area (Å²) >= 11 is 8.72. The molecule has 0 saturated heterocycles. The quantitative estimate of drug-likeness (QED) is 0.0763. The van der Waals surface area contributed by atoms with Crippen LogP contribution >= 0.6 is 0 Å². The van der Waals surface area contributed by atoms with E-state index in [1.807, 2.05) is 24.5 Å². The maximum atomic E-state index is 8.01. The Morgan fingerprint density at radius 2 is 1.11 bits per heavy atom. The minimum absolute atomic E-state index is 0. The van der Waals surface area contributed by atoms with E-state index in [0.29, 0.717) is 0 Å². The molecule has 0 N–H and O–H groups in total. The second-order valence-corrected chi connectivity index (χ2v) is 8.29. The predicted octanol–water partition coefficient (Wildman–Crippen LogP) is 6.93. The fraction of sp³-hybridized carbons (Fsp3) is 0. The van der Waals surface area contributed by atoms with Crippen molar-refractivity contribution in [1.29, 1.82) is 5.26 Å². The van der Waals surface area contributed by atoms with E-state index in [4.69, 9.17) is 21.8 Å². The molecule has 0 amide bonds. The van der Waals surface area contributed by atoms with Crippen LogP contribution in [0.5, 0.6) is 0 Å². The summed E-state index contributed by atoms with van der Waals surface area (Å²) in [4.78, 5) is 12.2. The summed E-state index contributed by atoms with van der Waals surface area (Å²) in [5.74, 6) is 0. The van der Waals surface area contributed by atoms with Crippen LogP contribution in [0.2, 0.25) is 0 Å². The summed E-state index contributed by atoms with van der Waals surface area (Å²) in [6.07, 6.45) is 3.75. The van der Waals surface area contributed by atoms with Gasteiger partial charge in [-0.15, -0.1) is 4.91 Å². The van der Waals surface area contributed by atoms with Crippen LogP contribution in [-0.2, 0) is 46.3 Å². The van der Waals surface area contributed by atoms with E-state index in [1.165, 1.54) is 37.7 Å². The van der Waals surface area contributed by atoms with Gasteiger partial charge >= 0.3 is 21.1 Å². The number of rotatable bonds is 0. The maximum Gasteiger partial charge on any atom is 2.00 e. The van der Waals surface area contributed by atoms with Gasteiger partial charge in [-0.3, -0.25) is 14.8 Å². The van der Waals surface area contributed by atoms with Crippen molar-refractivity contribution in [2.75, 3.05) is 0 Å². The van der Waals surface area contributed by atoms with Gasteiger partial charge in [0.25, 0.3) is 0 Å². The van der Waals surface area contributed by atoms with Gasteiger partial charge in [0.2, 0.25) is 0 Å². The van der Waals surface area contributed by atoms with Gasteiger partial charge in [0.05, 0.1) is 23.7 Å². The Hall–Kier alpha value is -3.67. The topological polar surface area (TPSA) is 53.9 Å². The first kappa shape index (κ1) is 24.5. The largest absolute Gasteiger partial charge is 2.00 e. The van der Waals surface area contributed by atoms with Gasteiger partial charge < -0.3 is 25.3 Å². The third kappa shape index (κ3) is 4.18.